The van der Waals surface area contributed by atoms with Gasteiger partial charge >= 0.3 is 17.9 Å². The summed E-state index contributed by atoms with van der Waals surface area (Å²) in [7, 11) is 0. The van der Waals surface area contributed by atoms with Crippen LogP contribution < -0.4 is 0 Å². The molecule has 0 aliphatic heterocycles. The Hall–Kier alpha value is -8.25. The van der Waals surface area contributed by atoms with E-state index in [1.54, 1.807) is 54.6 Å². The van der Waals surface area contributed by atoms with Crippen LogP contribution in [-0.2, 0) is 34.0 Å². The third-order valence-corrected chi connectivity index (χ3v) is 10.0. The summed E-state index contributed by atoms with van der Waals surface area (Å²) in [4.78, 5) is 69.6. The van der Waals surface area contributed by atoms with E-state index >= 15 is 0 Å². The van der Waals surface area contributed by atoms with Crippen molar-refractivity contribution in [3.8, 4) is 0 Å². The molecule has 12 heteroatoms. The first-order valence-corrected chi connectivity index (χ1v) is 19.0. The van der Waals surface area contributed by atoms with E-state index in [0.29, 0.717) is 82.9 Å². The standard InChI is InChI=1S/C48H30N6O6/c55-46(58-25-28-10-4-1-5-11-28)31-16-19-34-37(22-31)52-43-40(49-34)41-44(53-38-23-32(17-20-35(38)50-41)47(56)59-26-29-12-6-2-7-13-29)45-42(43)51-36-21-18-33(24-39(36)54-45)48(57)60-27-30-14-8-3-9-15-30/h1-24H,25-27H2. The summed E-state index contributed by atoms with van der Waals surface area (Å²) in [6.07, 6.45) is 0. The van der Waals surface area contributed by atoms with E-state index in [0.717, 1.165) is 16.7 Å². The molecule has 0 saturated carbocycles. The molecule has 60 heavy (non-hydrogen) atoms. The molecular formula is C48H30N6O6. The molecule has 10 rings (SSSR count). The van der Waals surface area contributed by atoms with Gasteiger partial charge in [-0.15, -0.1) is 0 Å². The van der Waals surface area contributed by atoms with E-state index in [2.05, 4.69) is 0 Å². The third kappa shape index (κ3) is 7.02. The van der Waals surface area contributed by atoms with Crippen LogP contribution >= 0.6 is 0 Å². The van der Waals surface area contributed by atoms with Gasteiger partial charge in [0.25, 0.3) is 0 Å². The minimum absolute atomic E-state index is 0.112. The summed E-state index contributed by atoms with van der Waals surface area (Å²) >= 11 is 0. The largest absolute Gasteiger partial charge is 0.457 e. The van der Waals surface area contributed by atoms with Crippen LogP contribution in [0.1, 0.15) is 47.8 Å². The molecule has 0 aliphatic carbocycles. The van der Waals surface area contributed by atoms with Crippen molar-refractivity contribution < 1.29 is 28.6 Å². The smallest absolute Gasteiger partial charge is 0.338 e. The van der Waals surface area contributed by atoms with Crippen LogP contribution in [0.3, 0.4) is 0 Å². The van der Waals surface area contributed by atoms with Gasteiger partial charge in [0.1, 0.15) is 52.9 Å². The first-order valence-electron chi connectivity index (χ1n) is 19.0. The van der Waals surface area contributed by atoms with Gasteiger partial charge in [0.05, 0.1) is 49.8 Å². The van der Waals surface area contributed by atoms with E-state index in [4.69, 9.17) is 44.1 Å². The third-order valence-electron chi connectivity index (χ3n) is 10.0. The van der Waals surface area contributed by atoms with Crippen molar-refractivity contribution in [1.82, 2.24) is 29.9 Å². The van der Waals surface area contributed by atoms with Gasteiger partial charge in [-0.25, -0.2) is 44.3 Å². The van der Waals surface area contributed by atoms with Gasteiger partial charge in [-0.3, -0.25) is 0 Å². The molecule has 3 heterocycles. The second-order valence-corrected chi connectivity index (χ2v) is 14.1. The van der Waals surface area contributed by atoms with Crippen molar-refractivity contribution in [1.29, 1.82) is 0 Å². The highest BCUT2D eigenvalue weighted by Crippen LogP contribution is 2.33. The number of hydrogen-bond acceptors (Lipinski definition) is 12. The van der Waals surface area contributed by atoms with Gasteiger partial charge in [0, 0.05) is 0 Å². The molecule has 0 spiro atoms. The van der Waals surface area contributed by atoms with Crippen LogP contribution in [0.25, 0.3) is 66.2 Å². The highest BCUT2D eigenvalue weighted by atomic mass is 16.5. The molecule has 0 fully saturated rings. The fourth-order valence-corrected chi connectivity index (χ4v) is 6.95. The van der Waals surface area contributed by atoms with E-state index in [-0.39, 0.29) is 19.8 Å². The number of benzene rings is 7. The molecule has 0 saturated heterocycles. The lowest BCUT2D eigenvalue weighted by Crippen LogP contribution is -2.06. The number of aromatic nitrogens is 6. The number of esters is 3. The fourth-order valence-electron chi connectivity index (χ4n) is 6.95. The van der Waals surface area contributed by atoms with Crippen LogP contribution in [0.15, 0.2) is 146 Å². The van der Waals surface area contributed by atoms with Crippen LogP contribution in [0.5, 0.6) is 0 Å². The molecular weight excluding hydrogens is 757 g/mol. The summed E-state index contributed by atoms with van der Waals surface area (Å²) in [5.74, 6) is -1.53. The predicted molar refractivity (Wildman–Crippen MR) is 225 cm³/mol. The lowest BCUT2D eigenvalue weighted by Gasteiger charge is -2.12. The fraction of sp³-hybridized carbons (Fsp3) is 0.0625. The zero-order chi connectivity index (χ0) is 40.6. The predicted octanol–water partition coefficient (Wildman–Crippen LogP) is 9.05. The molecule has 0 aliphatic rings. The Morgan fingerprint density at radius 1 is 0.317 bits per heavy atom. The van der Waals surface area contributed by atoms with E-state index in [1.165, 1.54) is 0 Å². The number of fused-ring (bicyclic) bond motifs is 9. The lowest BCUT2D eigenvalue weighted by atomic mass is 10.1. The van der Waals surface area contributed by atoms with Crippen molar-refractivity contribution in [3.63, 3.8) is 0 Å². The molecule has 0 radical (unpaired) electrons. The zero-order valence-corrected chi connectivity index (χ0v) is 31.6. The second-order valence-electron chi connectivity index (χ2n) is 14.1. The van der Waals surface area contributed by atoms with Crippen molar-refractivity contribution in [2.75, 3.05) is 0 Å². The normalized spacial score (nSPS) is 11.4. The van der Waals surface area contributed by atoms with E-state index in [1.807, 2.05) is 91.0 Å². The van der Waals surface area contributed by atoms with Gasteiger partial charge in [0.2, 0.25) is 0 Å². The van der Waals surface area contributed by atoms with E-state index < -0.39 is 17.9 Å². The monoisotopic (exact) mass is 786 g/mol. The molecule has 10 aromatic rings. The van der Waals surface area contributed by atoms with Crippen molar-refractivity contribution >= 4 is 84.1 Å². The number of carbonyl (C=O) groups excluding carboxylic acids is 3. The van der Waals surface area contributed by atoms with Crippen molar-refractivity contribution in [2.24, 2.45) is 0 Å². The highest BCUT2D eigenvalue weighted by molar-refractivity contribution is 6.21. The van der Waals surface area contributed by atoms with Crippen LogP contribution in [0.2, 0.25) is 0 Å². The minimum Gasteiger partial charge on any atom is -0.457 e. The van der Waals surface area contributed by atoms with Gasteiger partial charge in [-0.05, 0) is 71.3 Å². The average molecular weight is 787 g/mol. The Labute approximate surface area is 340 Å². The molecule has 7 aromatic carbocycles. The molecule has 0 N–H and O–H groups in total. The summed E-state index contributed by atoms with van der Waals surface area (Å²) in [6, 6.07) is 43.2. The quantitative estimate of drug-likeness (QED) is 0.0593. The number of rotatable bonds is 9. The second kappa shape index (κ2) is 15.3. The molecule has 12 nitrogen and oxygen atoms in total. The van der Waals surface area contributed by atoms with Crippen LogP contribution in [0.4, 0.5) is 0 Å². The average Bonchev–Trinajstić information content (AvgIpc) is 3.30. The maximum Gasteiger partial charge on any atom is 0.338 e. The number of hydrogen-bond donors (Lipinski definition) is 0. The van der Waals surface area contributed by atoms with Crippen molar-refractivity contribution in [2.45, 2.75) is 19.8 Å². The van der Waals surface area contributed by atoms with Crippen LogP contribution in [0, 0.1) is 0 Å². The maximum atomic E-state index is 13.2. The highest BCUT2D eigenvalue weighted by Gasteiger charge is 2.21. The minimum atomic E-state index is -0.515. The first-order chi connectivity index (χ1) is 29.4. The maximum absolute atomic E-state index is 13.2. The molecule has 0 bridgehead atoms. The molecule has 288 valence electrons. The van der Waals surface area contributed by atoms with Gasteiger partial charge in [0.15, 0.2) is 0 Å². The Bertz CT molecular complexity index is 3330. The molecule has 0 unspecified atom stereocenters. The molecule has 0 atom stereocenters. The molecule has 0 amide bonds. The first kappa shape index (κ1) is 36.1. The molecule has 3 aromatic heterocycles. The summed E-state index contributed by atoms with van der Waals surface area (Å²) in [5.41, 5.74) is 8.54. The van der Waals surface area contributed by atoms with Crippen LogP contribution in [-0.4, -0.2) is 47.8 Å². The van der Waals surface area contributed by atoms with E-state index in [9.17, 15) is 14.4 Å². The van der Waals surface area contributed by atoms with Gasteiger partial charge in [-0.2, -0.15) is 0 Å². The SMILES string of the molecule is O=C(OCc1ccccc1)c1ccc2nc3c4nc5ccc(C(=O)OCc6ccccc6)cc5nc4c4nc5cc(C(=O)OCc6ccccc6)ccc5nc4c3nc2c1. The van der Waals surface area contributed by atoms with Gasteiger partial charge < -0.3 is 14.2 Å². The zero-order valence-electron chi connectivity index (χ0n) is 31.6. The Kier molecular flexibility index (Phi) is 9.18. The van der Waals surface area contributed by atoms with Crippen molar-refractivity contribution in [3.05, 3.63) is 179 Å². The number of nitrogens with zero attached hydrogens (tertiary/aromatic N) is 6. The Morgan fingerprint density at radius 2 is 0.567 bits per heavy atom. The topological polar surface area (TPSA) is 156 Å². The lowest BCUT2D eigenvalue weighted by molar-refractivity contribution is 0.0464. The number of carbonyl (C=O) groups is 3. The number of ether oxygens (including phenoxy) is 3. The van der Waals surface area contributed by atoms with Gasteiger partial charge in [-0.1, -0.05) is 91.0 Å². The Morgan fingerprint density at radius 3 is 0.833 bits per heavy atom. The summed E-state index contributed by atoms with van der Waals surface area (Å²) in [6.45, 7) is 0.350. The Balaban J connectivity index is 1.10. The summed E-state index contributed by atoms with van der Waals surface area (Å²) < 4.78 is 16.8. The summed E-state index contributed by atoms with van der Waals surface area (Å²) in [5, 5.41) is 0.